The monoisotopic (exact) mass is 904 g/mol. The molecule has 0 aliphatic rings. The first-order valence-electron chi connectivity index (χ1n) is 29.4. The number of carbonyl (C=O) groups is 2. The van der Waals surface area contributed by atoms with Gasteiger partial charge in [-0.15, -0.1) is 0 Å². The van der Waals surface area contributed by atoms with E-state index in [1.54, 1.807) is 0 Å². The first-order valence-corrected chi connectivity index (χ1v) is 29.4. The third-order valence-electron chi connectivity index (χ3n) is 14.0. The number of rotatable bonds is 54. The Kier molecular flexibility index (Phi) is 51.9. The maximum atomic E-state index is 13.4. The highest BCUT2D eigenvalue weighted by atomic mass is 16.3. The molecule has 6 heteroatoms. The van der Waals surface area contributed by atoms with E-state index < -0.39 is 0 Å². The summed E-state index contributed by atoms with van der Waals surface area (Å²) in [5.74, 6) is 0.800. The van der Waals surface area contributed by atoms with Crippen molar-refractivity contribution in [2.75, 3.05) is 52.4 Å². The first-order chi connectivity index (χ1) is 31.5. The largest absolute Gasteiger partial charge is 0.395 e. The van der Waals surface area contributed by atoms with Crippen molar-refractivity contribution in [2.24, 2.45) is 0 Å². The molecule has 0 saturated heterocycles. The van der Waals surface area contributed by atoms with Crippen molar-refractivity contribution in [1.29, 1.82) is 0 Å². The third-order valence-corrected chi connectivity index (χ3v) is 14.0. The summed E-state index contributed by atoms with van der Waals surface area (Å²) in [7, 11) is 0. The molecule has 0 heterocycles. The second-order valence-electron chi connectivity index (χ2n) is 20.3. The second-order valence-corrected chi connectivity index (χ2v) is 20.3. The van der Waals surface area contributed by atoms with Crippen molar-refractivity contribution >= 4 is 11.8 Å². The van der Waals surface area contributed by atoms with E-state index in [1.165, 1.54) is 244 Å². The number of hydrogen-bond acceptors (Lipinski definition) is 4. The van der Waals surface area contributed by atoms with E-state index in [9.17, 15) is 14.7 Å². The van der Waals surface area contributed by atoms with Crippen molar-refractivity contribution in [2.45, 2.75) is 310 Å². The van der Waals surface area contributed by atoms with Crippen molar-refractivity contribution in [1.82, 2.24) is 14.7 Å². The SMILES string of the molecule is CCCCCCCCCCN(CCCCCCCCCC)C(=O)CCCCCCCN(CCO)CCCCCCCC(=O)N(CCCCCCCCCC)CCCCCCCCCC. The number of unbranched alkanes of at least 4 members (excludes halogenated alkanes) is 36. The molecule has 0 atom stereocenters. The van der Waals surface area contributed by atoms with Gasteiger partial charge in [0, 0.05) is 45.6 Å². The van der Waals surface area contributed by atoms with Gasteiger partial charge in [-0.25, -0.2) is 0 Å². The van der Waals surface area contributed by atoms with Gasteiger partial charge in [0.2, 0.25) is 11.8 Å². The summed E-state index contributed by atoms with van der Waals surface area (Å²) in [6.07, 6.45) is 55.1. The minimum Gasteiger partial charge on any atom is -0.395 e. The quantitative estimate of drug-likeness (QED) is 0.0618. The highest BCUT2D eigenvalue weighted by Crippen LogP contribution is 2.17. The summed E-state index contributed by atoms with van der Waals surface area (Å²) in [6, 6.07) is 0. The number of aliphatic hydroxyl groups is 1. The second kappa shape index (κ2) is 52.8. The molecule has 0 radical (unpaired) electrons. The Morgan fingerprint density at radius 1 is 0.266 bits per heavy atom. The molecule has 0 bridgehead atoms. The summed E-state index contributed by atoms with van der Waals surface area (Å²) in [4.78, 5) is 33.6. The van der Waals surface area contributed by atoms with Crippen LogP contribution >= 0.6 is 0 Å². The lowest BCUT2D eigenvalue weighted by atomic mass is 10.1. The van der Waals surface area contributed by atoms with Gasteiger partial charge < -0.3 is 19.8 Å². The van der Waals surface area contributed by atoms with Crippen molar-refractivity contribution in [3.05, 3.63) is 0 Å². The molecule has 0 unspecified atom stereocenters. The Hall–Kier alpha value is -1.14. The molecule has 382 valence electrons. The van der Waals surface area contributed by atoms with Crippen molar-refractivity contribution in [3.63, 3.8) is 0 Å². The maximum Gasteiger partial charge on any atom is 0.222 e. The van der Waals surface area contributed by atoms with E-state index in [0.29, 0.717) is 11.8 Å². The fourth-order valence-corrected chi connectivity index (χ4v) is 9.55. The maximum absolute atomic E-state index is 13.4. The fourth-order valence-electron chi connectivity index (χ4n) is 9.55. The number of nitrogens with zero attached hydrogens (tertiary/aromatic N) is 3. The van der Waals surface area contributed by atoms with Crippen LogP contribution in [0.25, 0.3) is 0 Å². The summed E-state index contributed by atoms with van der Waals surface area (Å²) in [5.41, 5.74) is 0. The highest BCUT2D eigenvalue weighted by molar-refractivity contribution is 5.76. The van der Waals surface area contributed by atoms with Gasteiger partial charge in [-0.2, -0.15) is 0 Å². The summed E-state index contributed by atoms with van der Waals surface area (Å²) in [6.45, 7) is 16.1. The average molecular weight is 905 g/mol. The Morgan fingerprint density at radius 2 is 0.469 bits per heavy atom. The molecule has 0 aromatic heterocycles. The number of hydrogen-bond donors (Lipinski definition) is 1. The molecule has 0 aliphatic heterocycles. The van der Waals surface area contributed by atoms with Gasteiger partial charge in [-0.05, 0) is 64.5 Å². The summed E-state index contributed by atoms with van der Waals surface area (Å²) < 4.78 is 0. The lowest BCUT2D eigenvalue weighted by Crippen LogP contribution is -2.32. The molecule has 0 saturated carbocycles. The third kappa shape index (κ3) is 44.7. The molecule has 2 amide bonds. The van der Waals surface area contributed by atoms with Crippen molar-refractivity contribution < 1.29 is 14.7 Å². The van der Waals surface area contributed by atoms with Gasteiger partial charge in [-0.1, -0.05) is 246 Å². The van der Waals surface area contributed by atoms with E-state index >= 15 is 0 Å². The van der Waals surface area contributed by atoms with Gasteiger partial charge in [0.1, 0.15) is 0 Å². The van der Waals surface area contributed by atoms with Crippen LogP contribution in [0.2, 0.25) is 0 Å². The van der Waals surface area contributed by atoms with Crippen LogP contribution < -0.4 is 0 Å². The van der Waals surface area contributed by atoms with Gasteiger partial charge in [0.25, 0.3) is 0 Å². The lowest BCUT2D eigenvalue weighted by Gasteiger charge is -2.23. The van der Waals surface area contributed by atoms with Gasteiger partial charge >= 0.3 is 0 Å². The topological polar surface area (TPSA) is 64.1 Å². The van der Waals surface area contributed by atoms with Crippen molar-refractivity contribution in [3.8, 4) is 0 Å². The number of carbonyl (C=O) groups excluding carboxylic acids is 2. The van der Waals surface area contributed by atoms with Crippen LogP contribution in [0, 0.1) is 0 Å². The molecule has 0 rings (SSSR count). The Balaban J connectivity index is 4.40. The minimum atomic E-state index is 0.229. The molecule has 0 spiro atoms. The van der Waals surface area contributed by atoms with E-state index in [2.05, 4.69) is 42.4 Å². The van der Waals surface area contributed by atoms with Gasteiger partial charge in [0.05, 0.1) is 6.61 Å². The lowest BCUT2D eigenvalue weighted by molar-refractivity contribution is -0.132. The zero-order valence-corrected chi connectivity index (χ0v) is 44.4. The van der Waals surface area contributed by atoms with Crippen LogP contribution in [-0.2, 0) is 9.59 Å². The van der Waals surface area contributed by atoms with E-state index in [1.807, 2.05) is 0 Å². The zero-order valence-electron chi connectivity index (χ0n) is 44.4. The number of aliphatic hydroxyl groups excluding tert-OH is 1. The van der Waals surface area contributed by atoms with E-state index in [-0.39, 0.29) is 6.61 Å². The standard InChI is InChI=1S/C58H117N3O3/c1-5-9-13-17-21-25-35-43-51-60(52-44-36-26-22-18-14-10-6-2)57(63)47-39-31-29-33-41-49-59(55-56-62)50-42-34-30-32-40-48-58(64)61(53-45-37-27-23-19-15-11-7-3)54-46-38-28-24-20-16-12-8-4/h62H,5-56H2,1-4H3. The van der Waals surface area contributed by atoms with E-state index in [0.717, 1.165) is 84.3 Å². The fraction of sp³-hybridized carbons (Fsp3) is 0.966. The van der Waals surface area contributed by atoms with Crippen LogP contribution in [0.4, 0.5) is 0 Å². The Bertz CT molecular complexity index is 820. The zero-order chi connectivity index (χ0) is 46.7. The molecule has 64 heavy (non-hydrogen) atoms. The van der Waals surface area contributed by atoms with Crippen LogP contribution in [-0.4, -0.2) is 84.0 Å². The minimum absolute atomic E-state index is 0.229. The molecule has 6 nitrogen and oxygen atoms in total. The molecule has 1 N–H and O–H groups in total. The normalized spacial score (nSPS) is 11.6. The summed E-state index contributed by atoms with van der Waals surface area (Å²) in [5, 5.41) is 9.74. The predicted octanol–water partition coefficient (Wildman–Crippen LogP) is 17.2. The average Bonchev–Trinajstić information content (AvgIpc) is 3.30. The molecule has 0 aromatic rings. The smallest absolute Gasteiger partial charge is 0.222 e. The highest BCUT2D eigenvalue weighted by Gasteiger charge is 2.14. The van der Waals surface area contributed by atoms with Crippen LogP contribution in [0.15, 0.2) is 0 Å². The van der Waals surface area contributed by atoms with E-state index in [4.69, 9.17) is 0 Å². The first kappa shape index (κ1) is 62.9. The summed E-state index contributed by atoms with van der Waals surface area (Å²) >= 11 is 0. The van der Waals surface area contributed by atoms with Crippen LogP contribution in [0.1, 0.15) is 310 Å². The Morgan fingerprint density at radius 3 is 0.703 bits per heavy atom. The predicted molar refractivity (Wildman–Crippen MR) is 283 cm³/mol. The van der Waals surface area contributed by atoms with Gasteiger partial charge in [-0.3, -0.25) is 9.59 Å². The molecule has 0 aliphatic carbocycles. The van der Waals surface area contributed by atoms with Crippen LogP contribution in [0.3, 0.4) is 0 Å². The number of amides is 2. The molecular weight excluding hydrogens is 787 g/mol. The molecule has 0 aromatic carbocycles. The van der Waals surface area contributed by atoms with Crippen LogP contribution in [0.5, 0.6) is 0 Å². The van der Waals surface area contributed by atoms with Gasteiger partial charge in [0.15, 0.2) is 0 Å². The Labute approximate surface area is 402 Å². The molecular formula is C58H117N3O3. The molecule has 0 fully saturated rings.